The van der Waals surface area contributed by atoms with E-state index in [1.807, 2.05) is 0 Å². The Bertz CT molecular complexity index is 211. The molecule has 12 heavy (non-hydrogen) atoms. The summed E-state index contributed by atoms with van der Waals surface area (Å²) >= 11 is 0. The van der Waals surface area contributed by atoms with Crippen molar-refractivity contribution in [2.75, 3.05) is 6.61 Å². The van der Waals surface area contributed by atoms with Gasteiger partial charge in [-0.05, 0) is 12.8 Å². The van der Waals surface area contributed by atoms with Crippen molar-refractivity contribution in [3.63, 3.8) is 0 Å². The van der Waals surface area contributed by atoms with Gasteiger partial charge in [0.2, 0.25) is 0 Å². The van der Waals surface area contributed by atoms with Gasteiger partial charge in [-0.25, -0.2) is 0 Å². The SMILES string of the molecule is O=C1CC(COC(=O)C2CC2)O1. The Morgan fingerprint density at radius 3 is 2.75 bits per heavy atom. The van der Waals surface area contributed by atoms with Crippen LogP contribution in [-0.4, -0.2) is 24.6 Å². The second-order valence-electron chi connectivity index (χ2n) is 3.22. The van der Waals surface area contributed by atoms with E-state index in [-0.39, 0.29) is 30.6 Å². The average Bonchev–Trinajstić information content (AvgIpc) is 2.77. The van der Waals surface area contributed by atoms with Crippen molar-refractivity contribution in [1.29, 1.82) is 0 Å². The van der Waals surface area contributed by atoms with Crippen molar-refractivity contribution in [2.45, 2.75) is 25.4 Å². The van der Waals surface area contributed by atoms with Crippen molar-refractivity contribution in [2.24, 2.45) is 5.92 Å². The lowest BCUT2D eigenvalue weighted by Gasteiger charge is -2.24. The van der Waals surface area contributed by atoms with Crippen molar-refractivity contribution in [3.05, 3.63) is 0 Å². The topological polar surface area (TPSA) is 52.6 Å². The van der Waals surface area contributed by atoms with Crippen LogP contribution in [0.4, 0.5) is 0 Å². The van der Waals surface area contributed by atoms with Gasteiger partial charge < -0.3 is 9.47 Å². The molecule has 0 aromatic carbocycles. The first-order chi connectivity index (χ1) is 5.75. The van der Waals surface area contributed by atoms with Crippen molar-refractivity contribution >= 4 is 11.9 Å². The van der Waals surface area contributed by atoms with E-state index in [1.54, 1.807) is 0 Å². The van der Waals surface area contributed by atoms with Crippen LogP contribution in [0, 0.1) is 5.92 Å². The van der Waals surface area contributed by atoms with Gasteiger partial charge in [0.15, 0.2) is 0 Å². The summed E-state index contributed by atoms with van der Waals surface area (Å²) in [7, 11) is 0. The minimum Gasteiger partial charge on any atom is -0.462 e. The fourth-order valence-electron chi connectivity index (χ4n) is 1.07. The van der Waals surface area contributed by atoms with Crippen LogP contribution in [0.1, 0.15) is 19.3 Å². The van der Waals surface area contributed by atoms with E-state index in [1.165, 1.54) is 0 Å². The lowest BCUT2D eigenvalue weighted by molar-refractivity contribution is -0.178. The van der Waals surface area contributed by atoms with Gasteiger partial charge in [-0.1, -0.05) is 0 Å². The molecule has 1 saturated carbocycles. The normalized spacial score (nSPS) is 27.3. The molecule has 4 heteroatoms. The Hall–Kier alpha value is -1.06. The number of hydrogen-bond donors (Lipinski definition) is 0. The maximum Gasteiger partial charge on any atom is 0.310 e. The van der Waals surface area contributed by atoms with Crippen molar-refractivity contribution < 1.29 is 19.1 Å². The van der Waals surface area contributed by atoms with Crippen LogP contribution in [0.3, 0.4) is 0 Å². The molecular formula is C8H10O4. The predicted octanol–water partition coefficient (Wildman–Crippen LogP) is 0.255. The first kappa shape index (κ1) is 7.58. The quantitative estimate of drug-likeness (QED) is 0.570. The maximum absolute atomic E-state index is 11.0. The van der Waals surface area contributed by atoms with Crippen LogP contribution < -0.4 is 0 Å². The van der Waals surface area contributed by atoms with Gasteiger partial charge in [0, 0.05) is 0 Å². The fourth-order valence-corrected chi connectivity index (χ4v) is 1.07. The molecule has 0 bridgehead atoms. The fraction of sp³-hybridized carbons (Fsp3) is 0.750. The Balaban J connectivity index is 1.62. The third-order valence-corrected chi connectivity index (χ3v) is 2.01. The molecule has 4 nitrogen and oxygen atoms in total. The van der Waals surface area contributed by atoms with Gasteiger partial charge in [-0.2, -0.15) is 0 Å². The van der Waals surface area contributed by atoms with Crippen LogP contribution in [-0.2, 0) is 19.1 Å². The summed E-state index contributed by atoms with van der Waals surface area (Å²) in [5.74, 6) is -0.221. The van der Waals surface area contributed by atoms with Crippen LogP contribution in [0.25, 0.3) is 0 Å². The number of carbonyl (C=O) groups excluding carboxylic acids is 2. The molecule has 1 heterocycles. The molecule has 1 aliphatic carbocycles. The lowest BCUT2D eigenvalue weighted by atomic mass is 10.2. The van der Waals surface area contributed by atoms with E-state index >= 15 is 0 Å². The number of ether oxygens (including phenoxy) is 2. The molecule has 66 valence electrons. The molecule has 1 unspecified atom stereocenters. The van der Waals surface area contributed by atoms with Crippen molar-refractivity contribution in [1.82, 2.24) is 0 Å². The number of hydrogen-bond acceptors (Lipinski definition) is 4. The maximum atomic E-state index is 11.0. The molecule has 1 atom stereocenters. The Morgan fingerprint density at radius 2 is 2.25 bits per heavy atom. The summed E-state index contributed by atoms with van der Waals surface area (Å²) in [5.41, 5.74) is 0. The molecular weight excluding hydrogens is 160 g/mol. The molecule has 1 saturated heterocycles. The highest BCUT2D eigenvalue weighted by Gasteiger charge is 2.34. The van der Waals surface area contributed by atoms with Gasteiger partial charge in [-0.15, -0.1) is 0 Å². The van der Waals surface area contributed by atoms with Crippen LogP contribution in [0.5, 0.6) is 0 Å². The Morgan fingerprint density at radius 1 is 1.58 bits per heavy atom. The number of rotatable bonds is 3. The zero-order valence-corrected chi connectivity index (χ0v) is 6.62. The van der Waals surface area contributed by atoms with Gasteiger partial charge in [0.05, 0.1) is 12.3 Å². The molecule has 0 amide bonds. The molecule has 0 N–H and O–H groups in total. The largest absolute Gasteiger partial charge is 0.462 e. The van der Waals surface area contributed by atoms with E-state index in [0.29, 0.717) is 6.42 Å². The molecule has 1 aliphatic heterocycles. The third-order valence-electron chi connectivity index (χ3n) is 2.01. The summed E-state index contributed by atoms with van der Waals surface area (Å²) in [6.45, 7) is 0.237. The van der Waals surface area contributed by atoms with Crippen molar-refractivity contribution in [3.8, 4) is 0 Å². The minimum atomic E-state index is -0.206. The lowest BCUT2D eigenvalue weighted by Crippen LogP contribution is -2.37. The molecule has 2 aliphatic rings. The van der Waals surface area contributed by atoms with Crippen LogP contribution in [0.2, 0.25) is 0 Å². The Labute approximate surface area is 69.8 Å². The van der Waals surface area contributed by atoms with E-state index in [0.717, 1.165) is 12.8 Å². The molecule has 2 rings (SSSR count). The highest BCUT2D eigenvalue weighted by Crippen LogP contribution is 2.30. The molecule has 0 aromatic heterocycles. The number of carbonyl (C=O) groups is 2. The summed E-state index contributed by atoms with van der Waals surface area (Å²) < 4.78 is 9.58. The number of cyclic esters (lactones) is 1. The van der Waals surface area contributed by atoms with Crippen LogP contribution >= 0.6 is 0 Å². The van der Waals surface area contributed by atoms with Gasteiger partial charge in [0.25, 0.3) is 0 Å². The average molecular weight is 170 g/mol. The summed E-state index contributed by atoms with van der Waals surface area (Å²) in [6, 6.07) is 0. The second kappa shape index (κ2) is 2.77. The molecule has 0 aromatic rings. The van der Waals surface area contributed by atoms with Gasteiger partial charge in [0.1, 0.15) is 12.7 Å². The summed E-state index contributed by atoms with van der Waals surface area (Å²) in [5, 5.41) is 0. The Kier molecular flexibility index (Phi) is 1.75. The monoisotopic (exact) mass is 170 g/mol. The van der Waals surface area contributed by atoms with E-state index in [4.69, 9.17) is 4.74 Å². The zero-order valence-electron chi connectivity index (χ0n) is 6.62. The van der Waals surface area contributed by atoms with E-state index in [2.05, 4.69) is 4.74 Å². The first-order valence-electron chi connectivity index (χ1n) is 4.12. The van der Waals surface area contributed by atoms with Crippen LogP contribution in [0.15, 0.2) is 0 Å². The number of esters is 2. The zero-order chi connectivity index (χ0) is 8.55. The highest BCUT2D eigenvalue weighted by molar-refractivity contribution is 5.76. The molecule has 2 fully saturated rings. The standard InChI is InChI=1S/C8H10O4/c9-7-3-6(12-7)4-11-8(10)5-1-2-5/h5-6H,1-4H2. The summed E-state index contributed by atoms with van der Waals surface area (Å²) in [6.07, 6.45) is 2.10. The minimum absolute atomic E-state index is 0.126. The molecule has 0 spiro atoms. The predicted molar refractivity (Wildman–Crippen MR) is 38.2 cm³/mol. The van der Waals surface area contributed by atoms with Gasteiger partial charge >= 0.3 is 11.9 Å². The highest BCUT2D eigenvalue weighted by atomic mass is 16.6. The summed E-state index contributed by atoms with van der Waals surface area (Å²) in [4.78, 5) is 21.3. The molecule has 0 radical (unpaired) electrons. The van der Waals surface area contributed by atoms with E-state index in [9.17, 15) is 9.59 Å². The van der Waals surface area contributed by atoms with E-state index < -0.39 is 0 Å². The van der Waals surface area contributed by atoms with Gasteiger partial charge in [-0.3, -0.25) is 9.59 Å². The second-order valence-corrected chi connectivity index (χ2v) is 3.22. The smallest absolute Gasteiger partial charge is 0.310 e. The third kappa shape index (κ3) is 1.57. The first-order valence-corrected chi connectivity index (χ1v) is 4.12.